The summed E-state index contributed by atoms with van der Waals surface area (Å²) in [4.78, 5) is 2.47. The van der Waals surface area contributed by atoms with E-state index in [1.807, 2.05) is 0 Å². The van der Waals surface area contributed by atoms with Crippen molar-refractivity contribution in [1.29, 1.82) is 0 Å². The highest BCUT2D eigenvalue weighted by Gasteiger charge is 2.30. The standard InChI is InChI=1S/C17H27N3O5S2/c1-15(2)18-7-9-19(10-8-18)26(21,22)16-3-5-17(6-4-16)27(23,24)20-11-13-25-14-12-20/h3-6,15H,7-14H2,1-2H3. The van der Waals surface area contributed by atoms with Gasteiger partial charge in [-0.25, -0.2) is 16.8 Å². The number of hydrogen-bond donors (Lipinski definition) is 0. The lowest BCUT2D eigenvalue weighted by atomic mass is 10.3. The van der Waals surface area contributed by atoms with E-state index in [0.29, 0.717) is 58.5 Å². The van der Waals surface area contributed by atoms with Crippen molar-refractivity contribution in [2.24, 2.45) is 0 Å². The molecule has 10 heteroatoms. The maximum absolute atomic E-state index is 12.9. The zero-order chi connectivity index (χ0) is 19.7. The van der Waals surface area contributed by atoms with E-state index in [-0.39, 0.29) is 9.79 Å². The molecule has 0 aliphatic carbocycles. The molecule has 0 saturated carbocycles. The third-order valence-electron chi connectivity index (χ3n) is 5.07. The normalized spacial score (nSPS) is 21.6. The number of sulfonamides is 2. The molecule has 152 valence electrons. The highest BCUT2D eigenvalue weighted by molar-refractivity contribution is 7.89. The summed E-state index contributed by atoms with van der Waals surface area (Å²) in [5.74, 6) is 0. The molecule has 0 spiro atoms. The highest BCUT2D eigenvalue weighted by Crippen LogP contribution is 2.22. The van der Waals surface area contributed by atoms with Crippen molar-refractivity contribution in [2.75, 3.05) is 52.5 Å². The first-order chi connectivity index (χ1) is 12.7. The number of rotatable bonds is 5. The molecule has 8 nitrogen and oxygen atoms in total. The number of morpholine rings is 1. The van der Waals surface area contributed by atoms with Crippen LogP contribution < -0.4 is 0 Å². The van der Waals surface area contributed by atoms with E-state index in [1.165, 1.54) is 32.9 Å². The van der Waals surface area contributed by atoms with Crippen molar-refractivity contribution in [3.63, 3.8) is 0 Å². The molecule has 3 rings (SSSR count). The van der Waals surface area contributed by atoms with E-state index in [9.17, 15) is 16.8 Å². The first kappa shape index (κ1) is 20.7. The summed E-state index contributed by atoms with van der Waals surface area (Å²) in [6, 6.07) is 5.92. The van der Waals surface area contributed by atoms with Crippen molar-refractivity contribution in [1.82, 2.24) is 13.5 Å². The summed E-state index contributed by atoms with van der Waals surface area (Å²) in [5, 5.41) is 0. The molecule has 2 fully saturated rings. The van der Waals surface area contributed by atoms with Gasteiger partial charge in [-0.05, 0) is 38.1 Å². The monoisotopic (exact) mass is 417 g/mol. The van der Waals surface area contributed by atoms with Crippen LogP contribution in [0.1, 0.15) is 13.8 Å². The van der Waals surface area contributed by atoms with Gasteiger partial charge in [-0.15, -0.1) is 0 Å². The van der Waals surface area contributed by atoms with E-state index < -0.39 is 20.0 Å². The zero-order valence-corrected chi connectivity index (χ0v) is 17.4. The largest absolute Gasteiger partial charge is 0.379 e. The van der Waals surface area contributed by atoms with E-state index >= 15 is 0 Å². The van der Waals surface area contributed by atoms with Crippen LogP contribution in [0, 0.1) is 0 Å². The lowest BCUT2D eigenvalue weighted by Gasteiger charge is -2.36. The fourth-order valence-electron chi connectivity index (χ4n) is 3.33. The van der Waals surface area contributed by atoms with Crippen molar-refractivity contribution in [2.45, 2.75) is 29.7 Å². The van der Waals surface area contributed by atoms with E-state index in [2.05, 4.69) is 18.7 Å². The summed E-state index contributed by atoms with van der Waals surface area (Å²) in [6.45, 7) is 7.81. The fourth-order valence-corrected chi connectivity index (χ4v) is 6.16. The summed E-state index contributed by atoms with van der Waals surface area (Å²) >= 11 is 0. The number of ether oxygens (including phenoxy) is 1. The number of piperazine rings is 1. The van der Waals surface area contributed by atoms with Crippen molar-refractivity contribution in [3.05, 3.63) is 24.3 Å². The van der Waals surface area contributed by atoms with Crippen LogP contribution in [0.25, 0.3) is 0 Å². The SMILES string of the molecule is CC(C)N1CCN(S(=O)(=O)c2ccc(S(=O)(=O)N3CCOCC3)cc2)CC1. The molecule has 2 heterocycles. The van der Waals surface area contributed by atoms with Crippen LogP contribution in [-0.2, 0) is 24.8 Å². The Morgan fingerprint density at radius 3 is 1.56 bits per heavy atom. The number of hydrogen-bond acceptors (Lipinski definition) is 6. The van der Waals surface area contributed by atoms with Gasteiger partial charge in [0.25, 0.3) is 0 Å². The van der Waals surface area contributed by atoms with Gasteiger partial charge in [0.2, 0.25) is 20.0 Å². The van der Waals surface area contributed by atoms with Crippen LogP contribution in [-0.4, -0.2) is 88.9 Å². The van der Waals surface area contributed by atoms with Gasteiger partial charge in [0, 0.05) is 45.3 Å². The van der Waals surface area contributed by atoms with Crippen LogP contribution in [0.4, 0.5) is 0 Å². The van der Waals surface area contributed by atoms with Gasteiger partial charge in [-0.3, -0.25) is 4.90 Å². The Balaban J connectivity index is 1.74. The average Bonchev–Trinajstić information content (AvgIpc) is 2.69. The first-order valence-corrected chi connectivity index (χ1v) is 12.0. The second-order valence-electron chi connectivity index (χ2n) is 7.02. The lowest BCUT2D eigenvalue weighted by molar-refractivity contribution is 0.0730. The molecule has 0 amide bonds. The molecule has 2 saturated heterocycles. The third-order valence-corrected chi connectivity index (χ3v) is 8.90. The maximum Gasteiger partial charge on any atom is 0.243 e. The lowest BCUT2D eigenvalue weighted by Crippen LogP contribution is -2.50. The minimum atomic E-state index is -3.63. The molecule has 2 aliphatic heterocycles. The summed E-state index contributed by atoms with van der Waals surface area (Å²) in [5.41, 5.74) is 0. The minimum Gasteiger partial charge on any atom is -0.379 e. The molecule has 0 radical (unpaired) electrons. The quantitative estimate of drug-likeness (QED) is 0.690. The Bertz CT molecular complexity index is 839. The molecule has 0 aromatic heterocycles. The van der Waals surface area contributed by atoms with Crippen LogP contribution in [0.5, 0.6) is 0 Å². The van der Waals surface area contributed by atoms with Crippen molar-refractivity contribution < 1.29 is 21.6 Å². The van der Waals surface area contributed by atoms with Crippen LogP contribution in [0.3, 0.4) is 0 Å². The summed E-state index contributed by atoms with van der Waals surface area (Å²) in [6.07, 6.45) is 0. The van der Waals surface area contributed by atoms with E-state index in [4.69, 9.17) is 4.74 Å². The molecule has 0 bridgehead atoms. The van der Waals surface area contributed by atoms with Gasteiger partial charge < -0.3 is 4.74 Å². The van der Waals surface area contributed by atoms with Gasteiger partial charge in [0.1, 0.15) is 0 Å². The molecular weight excluding hydrogens is 390 g/mol. The van der Waals surface area contributed by atoms with Crippen LogP contribution in [0.15, 0.2) is 34.1 Å². The zero-order valence-electron chi connectivity index (χ0n) is 15.7. The second kappa shape index (κ2) is 8.14. The molecular formula is C17H27N3O5S2. The summed E-state index contributed by atoms with van der Waals surface area (Å²) in [7, 11) is -7.25. The smallest absolute Gasteiger partial charge is 0.243 e. The third kappa shape index (κ3) is 4.36. The molecule has 1 aromatic carbocycles. The topological polar surface area (TPSA) is 87.2 Å². The second-order valence-corrected chi connectivity index (χ2v) is 10.9. The maximum atomic E-state index is 12.9. The molecule has 27 heavy (non-hydrogen) atoms. The molecule has 0 N–H and O–H groups in total. The van der Waals surface area contributed by atoms with Crippen molar-refractivity contribution in [3.8, 4) is 0 Å². The summed E-state index contributed by atoms with van der Waals surface area (Å²) < 4.78 is 59.0. The molecule has 0 unspecified atom stereocenters. The number of nitrogens with zero attached hydrogens (tertiary/aromatic N) is 3. The Morgan fingerprint density at radius 2 is 1.15 bits per heavy atom. The number of benzene rings is 1. The van der Waals surface area contributed by atoms with Gasteiger partial charge in [0.05, 0.1) is 23.0 Å². The predicted molar refractivity (Wildman–Crippen MR) is 101 cm³/mol. The van der Waals surface area contributed by atoms with Crippen LogP contribution in [0.2, 0.25) is 0 Å². The Labute approximate surface area is 161 Å². The molecule has 0 atom stereocenters. The molecule has 2 aliphatic rings. The van der Waals surface area contributed by atoms with Gasteiger partial charge in [0.15, 0.2) is 0 Å². The Kier molecular flexibility index (Phi) is 6.24. The fraction of sp³-hybridized carbons (Fsp3) is 0.647. The van der Waals surface area contributed by atoms with Gasteiger partial charge in [-0.1, -0.05) is 0 Å². The molecule has 1 aromatic rings. The average molecular weight is 418 g/mol. The Hall–Kier alpha value is -1.04. The first-order valence-electron chi connectivity index (χ1n) is 9.15. The van der Waals surface area contributed by atoms with Crippen LogP contribution >= 0.6 is 0 Å². The Morgan fingerprint density at radius 1 is 0.741 bits per heavy atom. The van der Waals surface area contributed by atoms with Crippen molar-refractivity contribution >= 4 is 20.0 Å². The van der Waals surface area contributed by atoms with Gasteiger partial charge >= 0.3 is 0 Å². The predicted octanol–water partition coefficient (Wildman–Crippen LogP) is 0.422. The van der Waals surface area contributed by atoms with E-state index in [0.717, 1.165) is 0 Å². The van der Waals surface area contributed by atoms with E-state index in [1.54, 1.807) is 0 Å². The highest BCUT2D eigenvalue weighted by atomic mass is 32.2. The minimum absolute atomic E-state index is 0.105. The van der Waals surface area contributed by atoms with Gasteiger partial charge in [-0.2, -0.15) is 8.61 Å².